The molecule has 0 aliphatic rings. The molecule has 18 heavy (non-hydrogen) atoms. The SMILES string of the molecule is Cc1ccc(C(Cc2cc(Br)cs2)NN)cc1C. The van der Waals surface area contributed by atoms with Gasteiger partial charge in [0.1, 0.15) is 0 Å². The fraction of sp³-hybridized carbons (Fsp3) is 0.286. The maximum Gasteiger partial charge on any atom is 0.0508 e. The summed E-state index contributed by atoms with van der Waals surface area (Å²) in [4.78, 5) is 1.32. The Hall–Kier alpha value is -0.680. The van der Waals surface area contributed by atoms with E-state index in [2.05, 4.69) is 64.8 Å². The van der Waals surface area contributed by atoms with E-state index in [1.54, 1.807) is 11.3 Å². The number of halogens is 1. The number of aryl methyl sites for hydroxylation is 2. The molecule has 2 nitrogen and oxygen atoms in total. The van der Waals surface area contributed by atoms with Crippen LogP contribution in [-0.2, 0) is 6.42 Å². The molecule has 4 heteroatoms. The van der Waals surface area contributed by atoms with Crippen molar-refractivity contribution >= 4 is 27.3 Å². The van der Waals surface area contributed by atoms with Crippen molar-refractivity contribution in [1.29, 1.82) is 0 Å². The van der Waals surface area contributed by atoms with E-state index in [9.17, 15) is 0 Å². The molecule has 0 spiro atoms. The van der Waals surface area contributed by atoms with Crippen LogP contribution in [0.5, 0.6) is 0 Å². The molecule has 1 heterocycles. The van der Waals surface area contributed by atoms with Crippen molar-refractivity contribution < 1.29 is 0 Å². The Kier molecular flexibility index (Phi) is 4.56. The molecule has 0 radical (unpaired) electrons. The van der Waals surface area contributed by atoms with Crippen LogP contribution in [0, 0.1) is 13.8 Å². The van der Waals surface area contributed by atoms with Gasteiger partial charge in [-0.15, -0.1) is 11.3 Å². The van der Waals surface area contributed by atoms with Crippen molar-refractivity contribution in [1.82, 2.24) is 5.43 Å². The third-order valence-corrected chi connectivity index (χ3v) is 4.88. The van der Waals surface area contributed by atoms with Crippen molar-refractivity contribution in [3.8, 4) is 0 Å². The summed E-state index contributed by atoms with van der Waals surface area (Å²) >= 11 is 5.23. The van der Waals surface area contributed by atoms with Gasteiger partial charge in [0.25, 0.3) is 0 Å². The van der Waals surface area contributed by atoms with Crippen molar-refractivity contribution in [2.45, 2.75) is 26.3 Å². The Morgan fingerprint density at radius 3 is 2.61 bits per heavy atom. The van der Waals surface area contributed by atoms with Gasteiger partial charge in [-0.2, -0.15) is 0 Å². The number of rotatable bonds is 4. The Morgan fingerprint density at radius 1 is 1.28 bits per heavy atom. The van der Waals surface area contributed by atoms with E-state index >= 15 is 0 Å². The van der Waals surface area contributed by atoms with E-state index in [0.29, 0.717) is 0 Å². The van der Waals surface area contributed by atoms with E-state index in [1.165, 1.54) is 21.6 Å². The first kappa shape index (κ1) is 13.7. The summed E-state index contributed by atoms with van der Waals surface area (Å²) in [5.41, 5.74) is 6.77. The minimum absolute atomic E-state index is 0.162. The van der Waals surface area contributed by atoms with Crippen LogP contribution in [-0.4, -0.2) is 0 Å². The first-order valence-electron chi connectivity index (χ1n) is 5.86. The second-order valence-electron chi connectivity index (χ2n) is 4.50. The predicted octanol–water partition coefficient (Wildman–Crippen LogP) is 3.87. The molecule has 2 rings (SSSR count). The summed E-state index contributed by atoms with van der Waals surface area (Å²) in [6.07, 6.45) is 0.912. The summed E-state index contributed by atoms with van der Waals surface area (Å²) in [6.45, 7) is 4.26. The first-order chi connectivity index (χ1) is 8.60. The lowest BCUT2D eigenvalue weighted by Crippen LogP contribution is -2.29. The molecule has 3 N–H and O–H groups in total. The fourth-order valence-electron chi connectivity index (χ4n) is 1.92. The average molecular weight is 325 g/mol. The molecular weight excluding hydrogens is 308 g/mol. The first-order valence-corrected chi connectivity index (χ1v) is 7.53. The van der Waals surface area contributed by atoms with Crippen molar-refractivity contribution in [2.24, 2.45) is 5.84 Å². The maximum atomic E-state index is 5.69. The van der Waals surface area contributed by atoms with Crippen LogP contribution in [0.1, 0.15) is 27.6 Å². The largest absolute Gasteiger partial charge is 0.271 e. The van der Waals surface area contributed by atoms with Gasteiger partial charge in [0, 0.05) is 21.2 Å². The number of benzene rings is 1. The molecule has 1 atom stereocenters. The molecule has 0 amide bonds. The highest BCUT2D eigenvalue weighted by Crippen LogP contribution is 2.26. The van der Waals surface area contributed by atoms with Gasteiger partial charge in [-0.05, 0) is 52.5 Å². The van der Waals surface area contributed by atoms with E-state index in [4.69, 9.17) is 5.84 Å². The molecule has 0 bridgehead atoms. The van der Waals surface area contributed by atoms with Gasteiger partial charge in [-0.3, -0.25) is 11.3 Å². The fourth-order valence-corrected chi connectivity index (χ4v) is 3.41. The van der Waals surface area contributed by atoms with Crippen LogP contribution in [0.2, 0.25) is 0 Å². The van der Waals surface area contributed by atoms with Gasteiger partial charge in [0.05, 0.1) is 6.04 Å². The molecule has 2 aromatic rings. The van der Waals surface area contributed by atoms with Gasteiger partial charge < -0.3 is 0 Å². The number of hydrogen-bond donors (Lipinski definition) is 2. The lowest BCUT2D eigenvalue weighted by Gasteiger charge is -2.16. The standard InChI is InChI=1S/C14H17BrN2S/c1-9-3-4-11(5-10(9)2)14(17-16)7-13-6-12(15)8-18-13/h3-6,8,14,17H,7,16H2,1-2H3. The van der Waals surface area contributed by atoms with Crippen LogP contribution in [0.25, 0.3) is 0 Å². The molecule has 96 valence electrons. The lowest BCUT2D eigenvalue weighted by atomic mass is 9.99. The zero-order valence-corrected chi connectivity index (χ0v) is 12.9. The summed E-state index contributed by atoms with van der Waals surface area (Å²) in [7, 11) is 0. The number of hydrogen-bond acceptors (Lipinski definition) is 3. The molecule has 0 aliphatic heterocycles. The summed E-state index contributed by atoms with van der Waals surface area (Å²) < 4.78 is 1.14. The highest BCUT2D eigenvalue weighted by atomic mass is 79.9. The molecule has 1 aromatic carbocycles. The molecule has 0 saturated heterocycles. The van der Waals surface area contributed by atoms with E-state index in [0.717, 1.165) is 10.9 Å². The van der Waals surface area contributed by atoms with Crippen LogP contribution in [0.15, 0.2) is 34.1 Å². The predicted molar refractivity (Wildman–Crippen MR) is 81.7 cm³/mol. The third kappa shape index (κ3) is 3.20. The molecule has 1 aromatic heterocycles. The second-order valence-corrected chi connectivity index (χ2v) is 6.41. The highest BCUT2D eigenvalue weighted by Gasteiger charge is 2.12. The number of nitrogens with two attached hydrogens (primary N) is 1. The lowest BCUT2D eigenvalue weighted by molar-refractivity contribution is 0.555. The van der Waals surface area contributed by atoms with Gasteiger partial charge in [-0.25, -0.2) is 0 Å². The van der Waals surface area contributed by atoms with E-state index < -0.39 is 0 Å². The third-order valence-electron chi connectivity index (χ3n) is 3.16. The summed E-state index contributed by atoms with van der Waals surface area (Å²) in [5, 5.41) is 2.10. The minimum Gasteiger partial charge on any atom is -0.271 e. The maximum absolute atomic E-state index is 5.69. The van der Waals surface area contributed by atoms with Gasteiger partial charge in [-0.1, -0.05) is 18.2 Å². The topological polar surface area (TPSA) is 38.0 Å². The Morgan fingerprint density at radius 2 is 2.06 bits per heavy atom. The van der Waals surface area contributed by atoms with Crippen LogP contribution >= 0.6 is 27.3 Å². The minimum atomic E-state index is 0.162. The summed E-state index contributed by atoms with van der Waals surface area (Å²) in [5.74, 6) is 5.69. The second kappa shape index (κ2) is 5.97. The molecule has 1 unspecified atom stereocenters. The number of hydrazine groups is 1. The zero-order valence-electron chi connectivity index (χ0n) is 10.5. The molecule has 0 aliphatic carbocycles. The van der Waals surface area contributed by atoms with Crippen molar-refractivity contribution in [3.05, 3.63) is 55.7 Å². The normalized spacial score (nSPS) is 12.7. The average Bonchev–Trinajstić information content (AvgIpc) is 2.75. The number of nitrogens with one attached hydrogen (secondary N) is 1. The highest BCUT2D eigenvalue weighted by molar-refractivity contribution is 9.10. The van der Waals surface area contributed by atoms with Gasteiger partial charge in [0.15, 0.2) is 0 Å². The Balaban J connectivity index is 2.19. The van der Waals surface area contributed by atoms with E-state index in [-0.39, 0.29) is 6.04 Å². The quantitative estimate of drug-likeness (QED) is 0.661. The van der Waals surface area contributed by atoms with Gasteiger partial charge >= 0.3 is 0 Å². The monoisotopic (exact) mass is 324 g/mol. The summed E-state index contributed by atoms with van der Waals surface area (Å²) in [6, 6.07) is 8.82. The van der Waals surface area contributed by atoms with Crippen LogP contribution in [0.4, 0.5) is 0 Å². The Bertz CT molecular complexity index is 536. The van der Waals surface area contributed by atoms with E-state index in [1.807, 2.05) is 0 Å². The zero-order chi connectivity index (χ0) is 13.1. The molecule has 0 fully saturated rings. The Labute approximate surface area is 120 Å². The van der Waals surface area contributed by atoms with Crippen LogP contribution < -0.4 is 11.3 Å². The van der Waals surface area contributed by atoms with Crippen molar-refractivity contribution in [2.75, 3.05) is 0 Å². The van der Waals surface area contributed by atoms with Crippen molar-refractivity contribution in [3.63, 3.8) is 0 Å². The molecular formula is C14H17BrN2S. The number of thiophene rings is 1. The van der Waals surface area contributed by atoms with Crippen LogP contribution in [0.3, 0.4) is 0 Å². The van der Waals surface area contributed by atoms with Gasteiger partial charge in [0.2, 0.25) is 0 Å². The smallest absolute Gasteiger partial charge is 0.0508 e. The molecule has 0 saturated carbocycles.